The van der Waals surface area contributed by atoms with Gasteiger partial charge in [0.05, 0.1) is 6.07 Å². The van der Waals surface area contributed by atoms with Crippen LogP contribution in [0.3, 0.4) is 0 Å². The fourth-order valence-electron chi connectivity index (χ4n) is 5.34. The van der Waals surface area contributed by atoms with Gasteiger partial charge in [0.2, 0.25) is 0 Å². The molecule has 6 rings (SSSR count). The van der Waals surface area contributed by atoms with Gasteiger partial charge in [-0.3, -0.25) is 0 Å². The van der Waals surface area contributed by atoms with Crippen molar-refractivity contribution in [1.82, 2.24) is 0 Å². The van der Waals surface area contributed by atoms with E-state index in [0.717, 1.165) is 5.56 Å². The summed E-state index contributed by atoms with van der Waals surface area (Å²) < 4.78 is 53.0. The molecule has 6 aromatic carbocycles. The second-order valence-electron chi connectivity index (χ2n) is 10.3. The predicted molar refractivity (Wildman–Crippen MR) is 166 cm³/mol. The molecule has 0 unspecified atom stereocenters. The molecule has 0 aliphatic rings. The van der Waals surface area contributed by atoms with Crippen LogP contribution in [-0.4, -0.2) is 5.11 Å². The van der Waals surface area contributed by atoms with E-state index in [-0.39, 0.29) is 23.3 Å². The number of nitriles is 1. The van der Waals surface area contributed by atoms with Crippen LogP contribution in [0.5, 0.6) is 0 Å². The fourth-order valence-corrected chi connectivity index (χ4v) is 5.34. The van der Waals surface area contributed by atoms with Gasteiger partial charge in [0.1, 0.15) is 34.3 Å². The van der Waals surface area contributed by atoms with E-state index < -0.39 is 11.0 Å². The maximum atomic E-state index is 13.3. The van der Waals surface area contributed by atoms with Crippen LogP contribution in [0.15, 0.2) is 158 Å². The summed E-state index contributed by atoms with van der Waals surface area (Å²) >= 11 is 0. The van der Waals surface area contributed by atoms with E-state index in [2.05, 4.69) is 6.07 Å². The third-order valence-corrected chi connectivity index (χ3v) is 7.64. The average Bonchev–Trinajstić information content (AvgIpc) is 3.08. The first-order valence-corrected chi connectivity index (χ1v) is 14.1. The molecule has 45 heavy (non-hydrogen) atoms. The molecule has 6 aromatic rings. The van der Waals surface area contributed by atoms with Crippen LogP contribution in [-0.2, 0) is 11.0 Å². The van der Waals surface area contributed by atoms with Crippen molar-refractivity contribution >= 4 is 0 Å². The summed E-state index contributed by atoms with van der Waals surface area (Å²) in [7, 11) is 0. The highest BCUT2D eigenvalue weighted by Crippen LogP contribution is 2.39. The van der Waals surface area contributed by atoms with Crippen LogP contribution in [0.2, 0.25) is 0 Å². The zero-order valence-corrected chi connectivity index (χ0v) is 23.9. The van der Waals surface area contributed by atoms with Crippen molar-refractivity contribution in [1.29, 1.82) is 5.26 Å². The predicted octanol–water partition coefficient (Wildman–Crippen LogP) is 9.07. The second kappa shape index (κ2) is 13.4. The van der Waals surface area contributed by atoms with Gasteiger partial charge >= 0.3 is 0 Å². The number of rotatable bonds is 6. The molecule has 0 fully saturated rings. The minimum atomic E-state index is -1.47. The summed E-state index contributed by atoms with van der Waals surface area (Å²) in [5, 5.41) is 21.4. The molecular weight excluding hydrogens is 574 g/mol. The van der Waals surface area contributed by atoms with E-state index in [0.29, 0.717) is 27.8 Å². The summed E-state index contributed by atoms with van der Waals surface area (Å²) in [6.07, 6.45) is 0. The van der Waals surface area contributed by atoms with E-state index >= 15 is 0 Å². The van der Waals surface area contributed by atoms with Crippen molar-refractivity contribution in [3.05, 3.63) is 214 Å². The lowest BCUT2D eigenvalue weighted by atomic mass is 9.70. The standard InChI is InChI=1S/C20H13F2N.C19H14F2O/c21-18-10-6-16(7-11-18)20(14-23,15-4-2-1-3-5-15)17-8-12-19(22)13-9-17;20-17-10-6-15(7-11-17)19(22,14-4-2-1-3-5-14)16-8-12-18(21)13-9-16/h1-13H;1-13,22H. The van der Waals surface area contributed by atoms with Crippen LogP contribution in [0, 0.1) is 34.6 Å². The lowest BCUT2D eigenvalue weighted by Crippen LogP contribution is -2.28. The molecule has 0 saturated carbocycles. The zero-order chi connectivity index (χ0) is 31.9. The van der Waals surface area contributed by atoms with E-state index in [1.165, 1.54) is 72.8 Å². The SMILES string of the molecule is N#CC(c1ccccc1)(c1ccc(F)cc1)c1ccc(F)cc1.OC(c1ccccc1)(c1ccc(F)cc1)c1ccc(F)cc1. The molecule has 0 aromatic heterocycles. The molecule has 0 atom stereocenters. The summed E-state index contributed by atoms with van der Waals surface area (Å²) in [5.41, 5.74) is 1.11. The number of nitrogens with zero attached hydrogens (tertiary/aromatic N) is 1. The monoisotopic (exact) mass is 601 g/mol. The first-order valence-electron chi connectivity index (χ1n) is 14.1. The zero-order valence-electron chi connectivity index (χ0n) is 23.9. The van der Waals surface area contributed by atoms with Gasteiger partial charge in [-0.05, 0) is 81.9 Å². The number of halogens is 4. The van der Waals surface area contributed by atoms with Crippen LogP contribution < -0.4 is 0 Å². The summed E-state index contributed by atoms with van der Waals surface area (Å²) in [6, 6.07) is 43.6. The molecule has 0 radical (unpaired) electrons. The Bertz CT molecular complexity index is 1780. The van der Waals surface area contributed by atoms with Gasteiger partial charge < -0.3 is 5.11 Å². The fraction of sp³-hybridized carbons (Fsp3) is 0.0513. The quantitative estimate of drug-likeness (QED) is 0.153. The summed E-state index contributed by atoms with van der Waals surface area (Å²) in [4.78, 5) is 0. The molecule has 0 heterocycles. The van der Waals surface area contributed by atoms with Crippen molar-refractivity contribution in [3.8, 4) is 6.07 Å². The molecule has 0 amide bonds. The molecule has 0 spiro atoms. The van der Waals surface area contributed by atoms with Crippen LogP contribution in [0.1, 0.15) is 33.4 Å². The number of hydrogen-bond donors (Lipinski definition) is 1. The molecule has 2 nitrogen and oxygen atoms in total. The van der Waals surface area contributed by atoms with Gasteiger partial charge in [-0.15, -0.1) is 0 Å². The largest absolute Gasteiger partial charge is 0.376 e. The van der Waals surface area contributed by atoms with Gasteiger partial charge in [0.15, 0.2) is 0 Å². The van der Waals surface area contributed by atoms with Crippen molar-refractivity contribution in [3.63, 3.8) is 0 Å². The molecule has 0 saturated heterocycles. The molecule has 0 aliphatic carbocycles. The smallest absolute Gasteiger partial charge is 0.140 e. The Balaban J connectivity index is 0.000000178. The van der Waals surface area contributed by atoms with Crippen molar-refractivity contribution in [2.24, 2.45) is 0 Å². The highest BCUT2D eigenvalue weighted by molar-refractivity contribution is 5.56. The first-order chi connectivity index (χ1) is 21.8. The van der Waals surface area contributed by atoms with Crippen LogP contribution in [0.25, 0.3) is 0 Å². The maximum absolute atomic E-state index is 13.3. The molecular formula is C39H27F4NO. The summed E-state index contributed by atoms with van der Waals surface area (Å²) in [5.74, 6) is -1.49. The van der Waals surface area contributed by atoms with E-state index in [1.807, 2.05) is 48.5 Å². The first kappa shape index (κ1) is 30.9. The second-order valence-corrected chi connectivity index (χ2v) is 10.3. The lowest BCUT2D eigenvalue weighted by Gasteiger charge is -2.30. The van der Waals surface area contributed by atoms with Gasteiger partial charge in [-0.2, -0.15) is 5.26 Å². The van der Waals surface area contributed by atoms with Gasteiger partial charge in [0.25, 0.3) is 0 Å². The van der Waals surface area contributed by atoms with Gasteiger partial charge in [-0.1, -0.05) is 109 Å². The average molecular weight is 602 g/mol. The van der Waals surface area contributed by atoms with E-state index in [9.17, 15) is 27.9 Å². The Morgan fingerprint density at radius 1 is 0.378 bits per heavy atom. The van der Waals surface area contributed by atoms with Gasteiger partial charge in [-0.25, -0.2) is 17.6 Å². The Labute approximate surface area is 259 Å². The number of hydrogen-bond acceptors (Lipinski definition) is 2. The highest BCUT2D eigenvalue weighted by Gasteiger charge is 2.37. The van der Waals surface area contributed by atoms with Crippen LogP contribution in [0.4, 0.5) is 17.6 Å². The molecule has 222 valence electrons. The maximum Gasteiger partial charge on any atom is 0.140 e. The van der Waals surface area contributed by atoms with Crippen molar-refractivity contribution < 1.29 is 22.7 Å². The Kier molecular flexibility index (Phi) is 9.22. The Morgan fingerprint density at radius 3 is 0.933 bits per heavy atom. The number of benzene rings is 6. The van der Waals surface area contributed by atoms with Crippen molar-refractivity contribution in [2.75, 3.05) is 0 Å². The molecule has 1 N–H and O–H groups in total. The van der Waals surface area contributed by atoms with Gasteiger partial charge in [0, 0.05) is 0 Å². The summed E-state index contributed by atoms with van der Waals surface area (Å²) in [6.45, 7) is 0. The molecule has 6 heteroatoms. The minimum absolute atomic E-state index is 0.368. The van der Waals surface area contributed by atoms with Crippen molar-refractivity contribution in [2.45, 2.75) is 11.0 Å². The Hall–Kier alpha value is -5.51. The topological polar surface area (TPSA) is 44.0 Å². The normalized spacial score (nSPS) is 11.2. The Morgan fingerprint density at radius 2 is 0.622 bits per heavy atom. The van der Waals surface area contributed by atoms with E-state index in [4.69, 9.17) is 0 Å². The minimum Gasteiger partial charge on any atom is -0.376 e. The van der Waals surface area contributed by atoms with Crippen LogP contribution >= 0.6 is 0 Å². The third kappa shape index (κ3) is 6.40. The molecule has 0 aliphatic heterocycles. The van der Waals surface area contributed by atoms with E-state index in [1.54, 1.807) is 36.4 Å². The molecule has 0 bridgehead atoms. The number of aliphatic hydroxyl groups is 1. The third-order valence-electron chi connectivity index (χ3n) is 7.64. The highest BCUT2D eigenvalue weighted by atomic mass is 19.1. The lowest BCUT2D eigenvalue weighted by molar-refractivity contribution is 0.125.